The molecule has 5 saturated carbocycles. The molecule has 0 radical (unpaired) electrons. The molecule has 2 aromatic rings. The van der Waals surface area contributed by atoms with E-state index in [1.807, 2.05) is 0 Å². The fourth-order valence-electron chi connectivity index (χ4n) is 13.0. The highest BCUT2D eigenvalue weighted by Gasteiger charge is 2.91. The number of carbonyl (C=O) groups excluding carboxylic acids is 1. The Kier molecular flexibility index (Phi) is 7.60. The van der Waals surface area contributed by atoms with Gasteiger partial charge in [-0.2, -0.15) is 0 Å². The second kappa shape index (κ2) is 11.1. The molecule has 13 atom stereocenters. The van der Waals surface area contributed by atoms with Crippen LogP contribution in [-0.2, 0) is 23.7 Å². The van der Waals surface area contributed by atoms with Crippen molar-refractivity contribution in [3.63, 3.8) is 0 Å². The molecule has 5 aliphatic carbocycles. The van der Waals surface area contributed by atoms with Gasteiger partial charge < -0.3 is 44.1 Å². The van der Waals surface area contributed by atoms with Gasteiger partial charge in [0, 0.05) is 81.6 Å². The maximum Gasteiger partial charge on any atom is 0.340 e. The number of aryl methyl sites for hydroxylation is 1. The third-order valence-electron chi connectivity index (χ3n) is 14.3. The first-order valence-electron chi connectivity index (χ1n) is 17.6. The molecular formula is C37H50N2O10. The fourth-order valence-corrected chi connectivity index (χ4v) is 13.0. The van der Waals surface area contributed by atoms with E-state index in [0.717, 1.165) is 6.42 Å². The van der Waals surface area contributed by atoms with Crippen LogP contribution in [0.3, 0.4) is 0 Å². The molecule has 6 fully saturated rings. The summed E-state index contributed by atoms with van der Waals surface area (Å²) in [5.41, 5.74) is -3.54. The number of benzene rings is 1. The summed E-state index contributed by atoms with van der Waals surface area (Å²) in [5, 5.41) is 48.0. The summed E-state index contributed by atoms with van der Waals surface area (Å²) in [4.78, 5) is 16.4. The Labute approximate surface area is 286 Å². The number of piperidine rings is 1. The molecule has 268 valence electrons. The summed E-state index contributed by atoms with van der Waals surface area (Å²) in [7, 11) is 6.72. The number of aromatic nitrogens is 1. The maximum absolute atomic E-state index is 14.1. The first kappa shape index (κ1) is 33.4. The van der Waals surface area contributed by atoms with Crippen LogP contribution in [0.1, 0.15) is 48.5 Å². The average molecular weight is 683 g/mol. The molecule has 1 saturated heterocycles. The minimum Gasteiger partial charge on any atom is -0.494 e. The van der Waals surface area contributed by atoms with E-state index in [1.165, 1.54) is 10.6 Å². The SMILES string of the molecule is CCN1C[C@]2(COC(=O)c3ccccc3-n3c(O)cc(C)c3O)CC[C@H](OC)[C@@]34C5C[C@@H]6[C@@H](OC)C[C@@](O)(C5[C@H]6OC)[C@](O)([C@@H](OC)C23)[C@@H]14. The Morgan fingerprint density at radius 2 is 1.80 bits per heavy atom. The molecule has 3 unspecified atom stereocenters. The van der Waals surface area contributed by atoms with Crippen LogP contribution in [0, 0.1) is 41.4 Å². The third kappa shape index (κ3) is 3.81. The van der Waals surface area contributed by atoms with Gasteiger partial charge in [-0.25, -0.2) is 4.79 Å². The van der Waals surface area contributed by atoms with Crippen molar-refractivity contribution in [3.05, 3.63) is 41.5 Å². The van der Waals surface area contributed by atoms with E-state index in [1.54, 1.807) is 59.6 Å². The van der Waals surface area contributed by atoms with E-state index in [9.17, 15) is 25.2 Å². The van der Waals surface area contributed by atoms with Crippen molar-refractivity contribution in [2.75, 3.05) is 48.1 Å². The highest BCUT2D eigenvalue weighted by atomic mass is 16.5. The molecule has 1 aliphatic heterocycles. The van der Waals surface area contributed by atoms with E-state index in [0.29, 0.717) is 37.2 Å². The normalized spacial score (nSPS) is 44.7. The Balaban J connectivity index is 1.25. The number of nitrogens with zero attached hydrogens (tertiary/aromatic N) is 2. The standard InChI is InChI=1S/C37H50N2O10/c1-7-38-17-34(18-49-32(42)20-10-8-9-11-23(20)39-26(40)14-19(2)31(39)41)13-12-25(46-4)36-22-15-21-24(45-3)16-35(43,27(22)28(21)47-5)37(44,33(36)38)30(48-6)29(34)36/h8-11,14,21-22,24-25,27-30,33,40-41,43-44H,7,12-13,15-18H2,1-6H3/t21-,22?,24+,25+,27?,28+,29?,30+,33+,34+,35-,36+,37+/m1/s1. The van der Waals surface area contributed by atoms with Gasteiger partial charge in [0.15, 0.2) is 5.88 Å². The number of aromatic hydroxyl groups is 2. The van der Waals surface area contributed by atoms with Gasteiger partial charge in [0.05, 0.1) is 48.3 Å². The number of methoxy groups -OCH3 is 4. The molecule has 1 aromatic heterocycles. The Morgan fingerprint density at radius 3 is 2.43 bits per heavy atom. The van der Waals surface area contributed by atoms with Gasteiger partial charge in [-0.3, -0.25) is 9.47 Å². The van der Waals surface area contributed by atoms with Crippen LogP contribution in [0.2, 0.25) is 0 Å². The lowest BCUT2D eigenvalue weighted by Gasteiger charge is -2.70. The number of carbonyl (C=O) groups is 1. The van der Waals surface area contributed by atoms with Crippen LogP contribution < -0.4 is 0 Å². The minimum absolute atomic E-state index is 0.0488. The van der Waals surface area contributed by atoms with Crippen LogP contribution in [0.5, 0.6) is 11.8 Å². The van der Waals surface area contributed by atoms with Gasteiger partial charge in [-0.15, -0.1) is 0 Å². The molecule has 7 bridgehead atoms. The number of fused-ring (bicyclic) bond motifs is 2. The zero-order chi connectivity index (χ0) is 34.8. The number of esters is 1. The van der Waals surface area contributed by atoms with Gasteiger partial charge in [0.25, 0.3) is 0 Å². The van der Waals surface area contributed by atoms with Crippen LogP contribution in [0.25, 0.3) is 5.69 Å². The van der Waals surface area contributed by atoms with E-state index in [4.69, 9.17) is 23.7 Å². The van der Waals surface area contributed by atoms with Gasteiger partial charge >= 0.3 is 5.97 Å². The van der Waals surface area contributed by atoms with Crippen molar-refractivity contribution in [2.24, 2.45) is 34.5 Å². The van der Waals surface area contributed by atoms with Crippen LogP contribution >= 0.6 is 0 Å². The number of likely N-dealkylation sites (tertiary alicyclic amines) is 1. The molecule has 0 amide bonds. The first-order chi connectivity index (χ1) is 23.4. The van der Waals surface area contributed by atoms with E-state index in [2.05, 4.69) is 11.8 Å². The summed E-state index contributed by atoms with van der Waals surface area (Å²) >= 11 is 0. The number of para-hydroxylation sites is 1. The van der Waals surface area contributed by atoms with E-state index >= 15 is 0 Å². The highest BCUT2D eigenvalue weighted by molar-refractivity contribution is 5.93. The number of aliphatic hydroxyl groups is 2. The van der Waals surface area contributed by atoms with Gasteiger partial charge in [0.1, 0.15) is 11.2 Å². The summed E-state index contributed by atoms with van der Waals surface area (Å²) in [6.07, 6.45) is 0.784. The molecule has 4 N–H and O–H groups in total. The Hall–Kier alpha value is -2.71. The molecule has 1 spiro atoms. The van der Waals surface area contributed by atoms with Gasteiger partial charge in [0.2, 0.25) is 5.88 Å². The smallest absolute Gasteiger partial charge is 0.340 e. The van der Waals surface area contributed by atoms with Gasteiger partial charge in [-0.1, -0.05) is 19.1 Å². The summed E-state index contributed by atoms with van der Waals surface area (Å²) < 4.78 is 32.6. The number of likely N-dealkylation sites (N-methyl/N-ethyl adjacent to an activating group) is 1. The first-order valence-corrected chi connectivity index (χ1v) is 17.6. The quantitative estimate of drug-likeness (QED) is 0.289. The number of hydrogen-bond acceptors (Lipinski definition) is 11. The zero-order valence-electron chi connectivity index (χ0n) is 29.2. The van der Waals surface area contributed by atoms with Crippen molar-refractivity contribution in [3.8, 4) is 17.4 Å². The molecule has 6 aliphatic rings. The predicted molar refractivity (Wildman–Crippen MR) is 176 cm³/mol. The Morgan fingerprint density at radius 1 is 1.04 bits per heavy atom. The monoisotopic (exact) mass is 682 g/mol. The zero-order valence-corrected chi connectivity index (χ0v) is 29.2. The largest absolute Gasteiger partial charge is 0.494 e. The lowest BCUT2D eigenvalue weighted by atomic mass is 9.42. The lowest BCUT2D eigenvalue weighted by molar-refractivity contribution is -0.320. The molecular weight excluding hydrogens is 632 g/mol. The van der Waals surface area contributed by atoms with Crippen LogP contribution in [0.15, 0.2) is 30.3 Å². The fraction of sp³-hybridized carbons (Fsp3) is 0.703. The topological polar surface area (TPSA) is 152 Å². The molecule has 2 heterocycles. The van der Waals surface area contributed by atoms with E-state index < -0.39 is 40.1 Å². The second-order valence-electron chi connectivity index (χ2n) is 15.6. The highest BCUT2D eigenvalue weighted by Crippen LogP contribution is 2.80. The molecule has 49 heavy (non-hydrogen) atoms. The van der Waals surface area contributed by atoms with Crippen molar-refractivity contribution in [1.29, 1.82) is 0 Å². The number of ether oxygens (including phenoxy) is 5. The van der Waals surface area contributed by atoms with E-state index in [-0.39, 0.29) is 72.3 Å². The van der Waals surface area contributed by atoms with Crippen molar-refractivity contribution < 1.29 is 48.9 Å². The third-order valence-corrected chi connectivity index (χ3v) is 14.3. The van der Waals surface area contributed by atoms with Gasteiger partial charge in [-0.05, 0) is 50.8 Å². The van der Waals surface area contributed by atoms with Crippen molar-refractivity contribution >= 4 is 5.97 Å². The number of hydrogen-bond donors (Lipinski definition) is 4. The van der Waals surface area contributed by atoms with Crippen molar-refractivity contribution in [2.45, 2.75) is 81.2 Å². The average Bonchev–Trinajstić information content (AvgIpc) is 3.63. The van der Waals surface area contributed by atoms with Crippen LogP contribution in [-0.4, -0.2) is 126 Å². The summed E-state index contributed by atoms with van der Waals surface area (Å²) in [6, 6.07) is 7.71. The summed E-state index contributed by atoms with van der Waals surface area (Å²) in [5.74, 6) is -1.62. The van der Waals surface area contributed by atoms with Crippen LogP contribution in [0.4, 0.5) is 0 Å². The number of rotatable bonds is 9. The predicted octanol–water partition coefficient (Wildman–Crippen LogP) is 2.65. The molecule has 8 rings (SSSR count). The second-order valence-corrected chi connectivity index (χ2v) is 15.6. The maximum atomic E-state index is 14.1. The lowest BCUT2D eigenvalue weighted by Crippen LogP contribution is -2.82. The minimum atomic E-state index is -1.69. The van der Waals surface area contributed by atoms with Crippen molar-refractivity contribution in [1.82, 2.24) is 9.47 Å². The molecule has 12 heteroatoms. The molecule has 1 aromatic carbocycles. The molecule has 12 nitrogen and oxygen atoms in total. The summed E-state index contributed by atoms with van der Waals surface area (Å²) in [6.45, 7) is 4.96. The Bertz CT molecular complexity index is 1650.